The molecule has 3 fully saturated rings. The van der Waals surface area contributed by atoms with Crippen molar-refractivity contribution in [3.8, 4) is 27.8 Å². The highest BCUT2D eigenvalue weighted by atomic mass is 35.5. The van der Waals surface area contributed by atoms with Crippen LogP contribution >= 0.6 is 22.9 Å². The first kappa shape index (κ1) is 36.6. The van der Waals surface area contributed by atoms with Crippen LogP contribution in [-0.4, -0.2) is 61.8 Å². The highest BCUT2D eigenvalue weighted by molar-refractivity contribution is 7.22. The number of benzene rings is 3. The van der Waals surface area contributed by atoms with E-state index in [1.165, 1.54) is 34.1 Å². The number of carbonyl (C=O) groups excluding carboxylic acids is 4. The molecule has 2 aliphatic carbocycles. The van der Waals surface area contributed by atoms with Gasteiger partial charge < -0.3 is 20.1 Å². The molecule has 1 saturated carbocycles. The fraction of sp³-hybridized carbons (Fsp3) is 0.286. The van der Waals surface area contributed by atoms with Crippen LogP contribution in [0.5, 0.6) is 17.2 Å². The molecule has 4 heterocycles. The molecule has 2 aliphatic heterocycles. The first-order chi connectivity index (χ1) is 27.2. The van der Waals surface area contributed by atoms with Crippen LogP contribution in [0.3, 0.4) is 0 Å². The molecule has 0 radical (unpaired) electrons. The quantitative estimate of drug-likeness (QED) is 0.122. The number of anilines is 2. The van der Waals surface area contributed by atoms with Crippen LogP contribution < -0.4 is 14.5 Å². The number of amides is 4. The Morgan fingerprint density at radius 3 is 2.47 bits per heavy atom. The van der Waals surface area contributed by atoms with E-state index in [0.717, 1.165) is 37.6 Å². The van der Waals surface area contributed by atoms with Crippen LogP contribution in [0, 0.1) is 36.0 Å². The van der Waals surface area contributed by atoms with Crippen molar-refractivity contribution in [2.75, 3.05) is 16.9 Å². The van der Waals surface area contributed by atoms with Crippen LogP contribution in [0.4, 0.5) is 11.5 Å². The van der Waals surface area contributed by atoms with E-state index >= 15 is 4.79 Å². The van der Waals surface area contributed by atoms with Gasteiger partial charge in [0.2, 0.25) is 23.6 Å². The number of aryl methyl sites for hydroxylation is 2. The van der Waals surface area contributed by atoms with Gasteiger partial charge in [-0.15, -0.1) is 11.3 Å². The zero-order chi connectivity index (χ0) is 40.4. The number of phenolic OH excluding ortho intramolecular Hbond substituents is 1. The zero-order valence-electron chi connectivity index (χ0n) is 31.0. The van der Waals surface area contributed by atoms with E-state index in [1.54, 1.807) is 38.2 Å². The highest BCUT2D eigenvalue weighted by Gasteiger charge is 2.68. The molecule has 2 aromatic heterocycles. The average Bonchev–Trinajstić information content (AvgIpc) is 3.85. The summed E-state index contributed by atoms with van der Waals surface area (Å²) in [4.78, 5) is 73.1. The van der Waals surface area contributed by atoms with Crippen molar-refractivity contribution in [2.45, 2.75) is 32.6 Å². The molecular weight excluding hydrogens is 772 g/mol. The highest BCUT2D eigenvalue weighted by Crippen LogP contribution is 2.65. The number of nitrogens with zero attached hydrogens (tertiary/aromatic N) is 4. The van der Waals surface area contributed by atoms with E-state index in [-0.39, 0.29) is 41.4 Å². The van der Waals surface area contributed by atoms with Gasteiger partial charge in [0, 0.05) is 40.4 Å². The summed E-state index contributed by atoms with van der Waals surface area (Å²) in [5, 5.41) is 37.9. The summed E-state index contributed by atoms with van der Waals surface area (Å²) >= 11 is 7.83. The molecule has 15 heteroatoms. The summed E-state index contributed by atoms with van der Waals surface area (Å²) in [6, 6.07) is 15.8. The second-order valence-electron chi connectivity index (χ2n) is 15.3. The molecule has 0 unspecified atom stereocenters. The van der Waals surface area contributed by atoms with E-state index in [0.29, 0.717) is 21.9 Å². The minimum Gasteiger partial charge on any atom is -0.507 e. The lowest BCUT2D eigenvalue weighted by Crippen LogP contribution is -2.49. The number of fused-ring (bicyclic) bond motifs is 5. The summed E-state index contributed by atoms with van der Waals surface area (Å²) in [7, 11) is 3.08. The third-order valence-electron chi connectivity index (χ3n) is 12.5. The number of ether oxygens (including phenoxy) is 1. The lowest BCUT2D eigenvalue weighted by molar-refractivity contribution is -0.131. The standard InChI is InChI=1S/C42H35ClN4O9S/c1-18-25-14-19(43)8-13-31(25)57-36(18)28-17-32(45(3)44-28)47-38(51)27-16-26-21(34(42(27,2)41(47)55)24-6-5-7-30(56-4)35(24)49)11-12-23-33(26)39(52)46(37(23)50)20-9-10-22(40(53)54)29(48)15-20/h5-11,13-15,17,23,26-27,33-34,48-49H,12,16H2,1-4H3,(H,53,54)/t23-,26+,27-,33-,34+,42+/m0/s1. The molecule has 4 amide bonds. The molecule has 0 spiro atoms. The monoisotopic (exact) mass is 806 g/mol. The van der Waals surface area contributed by atoms with E-state index in [9.17, 15) is 34.5 Å². The molecule has 2 saturated heterocycles. The van der Waals surface area contributed by atoms with E-state index in [4.69, 9.17) is 21.4 Å². The van der Waals surface area contributed by atoms with Gasteiger partial charge in [-0.1, -0.05) is 35.4 Å². The Morgan fingerprint density at radius 1 is 0.982 bits per heavy atom. The number of aromatic nitrogens is 2. The Morgan fingerprint density at radius 2 is 1.75 bits per heavy atom. The summed E-state index contributed by atoms with van der Waals surface area (Å²) in [5.41, 5.74) is 0.708. The fourth-order valence-electron chi connectivity index (χ4n) is 9.82. The summed E-state index contributed by atoms with van der Waals surface area (Å²) in [6.07, 6.45) is 2.05. The Labute approximate surface area is 334 Å². The Hall–Kier alpha value is -5.99. The number of para-hydroxylation sites is 1. The van der Waals surface area contributed by atoms with E-state index in [1.807, 2.05) is 31.2 Å². The number of halogens is 1. The van der Waals surface area contributed by atoms with Gasteiger partial charge in [0.05, 0.1) is 40.8 Å². The second-order valence-corrected chi connectivity index (χ2v) is 16.8. The molecular formula is C42H35ClN4O9S. The van der Waals surface area contributed by atoms with Crippen molar-refractivity contribution in [3.63, 3.8) is 0 Å². The maximum absolute atomic E-state index is 15.1. The number of carboxylic acid groups (broad SMARTS) is 1. The molecule has 290 valence electrons. The molecule has 4 aliphatic rings. The topological polar surface area (TPSA) is 180 Å². The molecule has 3 aromatic carbocycles. The zero-order valence-corrected chi connectivity index (χ0v) is 32.6. The molecule has 0 bridgehead atoms. The predicted molar refractivity (Wildman–Crippen MR) is 211 cm³/mol. The SMILES string of the molecule is COc1cccc([C@H]2C3=CC[C@@H]4C(=O)N(c5ccc(C(=O)O)c(O)c5)C(=O)[C@@H]4[C@@H]3C[C@H]3C(=O)N(c4cc(-c5sc6ccc(Cl)cc6c5C)nn4C)C(=O)[C@@]23C)c1O. The van der Waals surface area contributed by atoms with Crippen molar-refractivity contribution >= 4 is 74.1 Å². The first-order valence-corrected chi connectivity index (χ1v) is 19.5. The largest absolute Gasteiger partial charge is 0.507 e. The normalized spacial score (nSPS) is 25.5. The fourth-order valence-corrected chi connectivity index (χ4v) is 11.1. The number of aromatic hydroxyl groups is 2. The lowest BCUT2D eigenvalue weighted by Gasteiger charge is -2.49. The van der Waals surface area contributed by atoms with Crippen molar-refractivity contribution in [1.82, 2.24) is 9.78 Å². The molecule has 5 aromatic rings. The number of allylic oxidation sites excluding steroid dienone is 2. The van der Waals surface area contributed by atoms with Crippen LogP contribution in [-0.2, 0) is 26.2 Å². The van der Waals surface area contributed by atoms with Crippen molar-refractivity contribution < 1.29 is 44.0 Å². The first-order valence-electron chi connectivity index (χ1n) is 18.3. The van der Waals surface area contributed by atoms with Gasteiger partial charge in [0.1, 0.15) is 22.8 Å². The maximum atomic E-state index is 15.1. The van der Waals surface area contributed by atoms with Crippen LogP contribution in [0.25, 0.3) is 20.7 Å². The smallest absolute Gasteiger partial charge is 0.339 e. The number of aromatic carboxylic acids is 1. The summed E-state index contributed by atoms with van der Waals surface area (Å²) < 4.78 is 7.99. The van der Waals surface area contributed by atoms with E-state index in [2.05, 4.69) is 0 Å². The number of thiophene rings is 1. The number of carbonyl (C=O) groups is 5. The maximum Gasteiger partial charge on any atom is 0.339 e. The van der Waals surface area contributed by atoms with Crippen molar-refractivity contribution in [1.29, 1.82) is 0 Å². The Kier molecular flexibility index (Phi) is 8.20. The van der Waals surface area contributed by atoms with Gasteiger partial charge in [0.25, 0.3) is 0 Å². The second kappa shape index (κ2) is 12.8. The van der Waals surface area contributed by atoms with Gasteiger partial charge >= 0.3 is 5.97 Å². The number of imide groups is 2. The number of methoxy groups -OCH3 is 1. The number of phenols is 2. The van der Waals surface area contributed by atoms with Gasteiger partial charge in [-0.2, -0.15) is 5.10 Å². The Balaban J connectivity index is 1.15. The number of hydrogen-bond acceptors (Lipinski definition) is 10. The summed E-state index contributed by atoms with van der Waals surface area (Å²) in [5.74, 6) is -8.17. The van der Waals surface area contributed by atoms with Crippen LogP contribution in [0.15, 0.2) is 72.3 Å². The minimum atomic E-state index is -1.45. The molecule has 13 nitrogen and oxygen atoms in total. The summed E-state index contributed by atoms with van der Waals surface area (Å²) in [6.45, 7) is 3.70. The van der Waals surface area contributed by atoms with Crippen molar-refractivity contribution in [3.05, 3.63) is 94.0 Å². The minimum absolute atomic E-state index is 0.0216. The molecule has 57 heavy (non-hydrogen) atoms. The van der Waals surface area contributed by atoms with Gasteiger partial charge in [-0.05, 0) is 80.0 Å². The van der Waals surface area contributed by atoms with Crippen LogP contribution in [0.2, 0.25) is 5.02 Å². The molecule has 3 N–H and O–H groups in total. The Bertz CT molecular complexity index is 2680. The third kappa shape index (κ3) is 5.05. The number of carboxylic acids is 1. The van der Waals surface area contributed by atoms with Crippen molar-refractivity contribution in [2.24, 2.45) is 36.1 Å². The number of rotatable bonds is 6. The molecule has 9 rings (SSSR count). The molecule has 6 atom stereocenters. The van der Waals surface area contributed by atoms with Gasteiger partial charge in [-0.25, -0.2) is 14.6 Å². The van der Waals surface area contributed by atoms with Gasteiger partial charge in [0.15, 0.2) is 11.5 Å². The average molecular weight is 807 g/mol. The van der Waals surface area contributed by atoms with Crippen LogP contribution in [0.1, 0.15) is 47.2 Å². The third-order valence-corrected chi connectivity index (χ3v) is 14.1. The van der Waals surface area contributed by atoms with Gasteiger partial charge in [-0.3, -0.25) is 23.9 Å². The number of hydrogen-bond donors (Lipinski definition) is 3. The lowest BCUT2D eigenvalue weighted by atomic mass is 9.51. The van der Waals surface area contributed by atoms with E-state index < -0.39 is 70.4 Å². The predicted octanol–water partition coefficient (Wildman–Crippen LogP) is 6.82.